The summed E-state index contributed by atoms with van der Waals surface area (Å²) in [5.41, 5.74) is 1.76. The van der Waals surface area contributed by atoms with Crippen molar-refractivity contribution in [1.29, 1.82) is 0 Å². The molecule has 13 rings (SSSR count). The van der Waals surface area contributed by atoms with E-state index in [1.807, 2.05) is 36.4 Å². The van der Waals surface area contributed by atoms with Gasteiger partial charge in [0.15, 0.2) is 0 Å². The summed E-state index contributed by atoms with van der Waals surface area (Å²) in [6, 6.07) is 99.5. The second-order valence-electron chi connectivity index (χ2n) is 17.8. The molecule has 0 atom stereocenters. The average Bonchev–Trinajstić information content (AvgIpc) is 3.46. The van der Waals surface area contributed by atoms with Gasteiger partial charge in [-0.3, -0.25) is 11.8 Å². The molecule has 0 heterocycles. The van der Waals surface area contributed by atoms with Crippen LogP contribution in [0, 0.1) is 24.7 Å². The molecule has 74 heavy (non-hydrogen) atoms. The van der Waals surface area contributed by atoms with Crippen LogP contribution in [0.2, 0.25) is 0 Å². The Kier molecular flexibility index (Phi) is 17.0. The Balaban J connectivity index is 0.000000140. The van der Waals surface area contributed by atoms with E-state index in [-0.39, 0.29) is 44.8 Å². The zero-order chi connectivity index (χ0) is 48.6. The van der Waals surface area contributed by atoms with Gasteiger partial charge in [0.2, 0.25) is 0 Å². The molecule has 0 N–H and O–H groups in total. The van der Waals surface area contributed by atoms with Gasteiger partial charge < -0.3 is 12.8 Å². The summed E-state index contributed by atoms with van der Waals surface area (Å²) in [4.78, 5) is 0. The van der Waals surface area contributed by atoms with Crippen molar-refractivity contribution in [3.05, 3.63) is 303 Å². The number of hydrogen-bond acceptors (Lipinski definition) is 0. The van der Waals surface area contributed by atoms with E-state index in [1.165, 1.54) is 53.4 Å². The molecule has 13 aromatic rings. The minimum atomic E-state index is -1.14. The third kappa shape index (κ3) is 10.9. The van der Waals surface area contributed by atoms with Crippen LogP contribution in [-0.4, -0.2) is 0 Å². The minimum absolute atomic E-state index is 0. The van der Waals surface area contributed by atoms with Crippen LogP contribution in [0.1, 0.15) is 11.1 Å². The van der Waals surface area contributed by atoms with Crippen molar-refractivity contribution in [2.75, 3.05) is 0 Å². The molecule has 0 aliphatic carbocycles. The predicted octanol–water partition coefficient (Wildman–Crippen LogP) is 14.8. The molecule has 0 spiro atoms. The first-order valence-corrected chi connectivity index (χ1v) is 27.2. The van der Waals surface area contributed by atoms with Crippen LogP contribution in [-0.2, 0) is 44.8 Å². The first kappa shape index (κ1) is 51.8. The Hall–Kier alpha value is -7.12. The molecule has 0 saturated carbocycles. The van der Waals surface area contributed by atoms with Crippen LogP contribution in [0.4, 0.5) is 0 Å². The smallest absolute Gasteiger partial charge is 0.366 e. The topological polar surface area (TPSA) is 0 Å². The molecule has 0 bridgehead atoms. The summed E-state index contributed by atoms with van der Waals surface area (Å²) in [5, 5.41) is 22.6. The molecule has 13 aromatic carbocycles. The Morgan fingerprint density at radius 3 is 0.784 bits per heavy atom. The zero-order valence-corrected chi connectivity index (χ0v) is 46.5. The van der Waals surface area contributed by atoms with E-state index in [9.17, 15) is 0 Å². The fraction of sp³-hybridized carbons (Fsp3) is 0. The molecule has 0 aliphatic heterocycles. The molecule has 358 valence electrons. The van der Waals surface area contributed by atoms with Crippen molar-refractivity contribution in [2.24, 2.45) is 0 Å². The van der Waals surface area contributed by atoms with E-state index in [2.05, 4.69) is 254 Å². The fourth-order valence-corrected chi connectivity index (χ4v) is 16.1. The quantitative estimate of drug-likeness (QED) is 0.0512. The van der Waals surface area contributed by atoms with Crippen molar-refractivity contribution in [3.63, 3.8) is 0 Å². The van der Waals surface area contributed by atoms with Crippen molar-refractivity contribution < 1.29 is 44.8 Å². The maximum Gasteiger partial charge on any atom is 1.00 e. The Morgan fingerprint density at radius 2 is 0.473 bits per heavy atom. The summed E-state index contributed by atoms with van der Waals surface area (Å²) in [6.45, 7) is 0. The Bertz CT molecular complexity index is 3770. The predicted molar refractivity (Wildman–Crippen MR) is 317 cm³/mol. The van der Waals surface area contributed by atoms with E-state index in [0.29, 0.717) is 0 Å². The van der Waals surface area contributed by atoms with Crippen LogP contribution in [0.25, 0.3) is 64.6 Å². The van der Waals surface area contributed by atoms with Crippen LogP contribution < -0.4 is 31.8 Å². The largest absolute Gasteiger partial charge is 1.00 e. The average molecular weight is 1350 g/mol. The van der Waals surface area contributed by atoms with E-state index in [4.69, 9.17) is 12.8 Å². The van der Waals surface area contributed by atoms with Crippen molar-refractivity contribution in [3.8, 4) is 11.8 Å². The van der Waals surface area contributed by atoms with Gasteiger partial charge in [0.1, 0.15) is 47.7 Å². The molecule has 0 aliphatic rings. The molecule has 0 fully saturated rings. The summed E-state index contributed by atoms with van der Waals surface area (Å²) in [6.07, 6.45) is 15.3. The summed E-state index contributed by atoms with van der Waals surface area (Å²) in [7, 11) is -2.28. The number of hydrogen-bond donors (Lipinski definition) is 0. The number of fused-ring (bicyclic) bond motifs is 6. The second-order valence-corrected chi connectivity index (χ2v) is 22.7. The van der Waals surface area contributed by atoms with Gasteiger partial charge in [0.25, 0.3) is 0 Å². The molecule has 0 amide bonds. The molecule has 0 saturated heterocycles. The van der Waals surface area contributed by atoms with Gasteiger partial charge >= 0.3 is 44.8 Å². The van der Waals surface area contributed by atoms with Crippen molar-refractivity contribution in [2.45, 2.75) is 0 Å². The van der Waals surface area contributed by atoms with Crippen LogP contribution in [0.3, 0.4) is 0 Å². The SMILES string of the molecule is [Au+].[Au+].[C-]#Cc1c2ccccc2cc2cc3ccccc3cc12.[C-]#Cc1c2ccccc2cc2cc3ccccc3cc12.c1ccc([PH+](c2ccccc2)c2ccccc2[PH+](c2ccccc2)c2ccccc2)cc1. The first-order chi connectivity index (χ1) is 35.6. The van der Waals surface area contributed by atoms with Gasteiger partial charge in [0, 0.05) is 0 Å². The molecule has 0 aromatic heterocycles. The standard InChI is InChI=1S/C30H24P2.2C20H11.2Au/c1-5-15-25(16-6-1)31(26-17-7-2-8-18-26)29-23-13-14-24-30(29)32(27-19-9-3-10-20-27)28-21-11-4-12-22-28;2*1-2-18-19-10-6-5-9-16(19)12-17-11-14-7-3-4-8-15(14)13-20(17)18;;/h1-24H;2*3-13H;;/q;2*-1;2*+1/p+2. The van der Waals surface area contributed by atoms with Gasteiger partial charge in [-0.05, 0) is 128 Å². The van der Waals surface area contributed by atoms with E-state index in [1.54, 1.807) is 0 Å². The van der Waals surface area contributed by atoms with Crippen LogP contribution in [0.5, 0.6) is 0 Å². The molecule has 0 nitrogen and oxygen atoms in total. The molecule has 0 radical (unpaired) electrons. The van der Waals surface area contributed by atoms with E-state index >= 15 is 0 Å². The van der Waals surface area contributed by atoms with Crippen LogP contribution >= 0.6 is 15.8 Å². The van der Waals surface area contributed by atoms with Gasteiger partial charge in [-0.2, -0.15) is 0 Å². The van der Waals surface area contributed by atoms with Gasteiger partial charge in [-0.15, -0.1) is 11.1 Å². The van der Waals surface area contributed by atoms with Crippen LogP contribution in [0.15, 0.2) is 279 Å². The molecule has 0 unspecified atom stereocenters. The summed E-state index contributed by atoms with van der Waals surface area (Å²) < 4.78 is 0. The first-order valence-electron chi connectivity index (χ1n) is 24.2. The van der Waals surface area contributed by atoms with Gasteiger partial charge in [-0.1, -0.05) is 216 Å². The number of rotatable bonds is 6. The van der Waals surface area contributed by atoms with Gasteiger partial charge in [0.05, 0.1) is 0 Å². The molecule has 4 heteroatoms. The maximum absolute atomic E-state index is 7.67. The van der Waals surface area contributed by atoms with Gasteiger partial charge in [-0.25, -0.2) is 0 Å². The summed E-state index contributed by atoms with van der Waals surface area (Å²) >= 11 is 0. The van der Waals surface area contributed by atoms with E-state index < -0.39 is 15.8 Å². The third-order valence-corrected chi connectivity index (χ3v) is 19.3. The van der Waals surface area contributed by atoms with Crippen molar-refractivity contribution in [1.82, 2.24) is 0 Å². The Morgan fingerprint density at radius 1 is 0.230 bits per heavy atom. The fourth-order valence-electron chi connectivity index (χ4n) is 10.1. The molecular formula is C70H48Au2P2+2. The zero-order valence-electron chi connectivity index (χ0n) is 40.2. The normalized spacial score (nSPS) is 10.7. The monoisotopic (exact) mass is 1340 g/mol. The maximum atomic E-state index is 7.67. The van der Waals surface area contributed by atoms with Crippen molar-refractivity contribution >= 4 is 112 Å². The third-order valence-electron chi connectivity index (χ3n) is 13.4. The second kappa shape index (κ2) is 24.3. The number of benzene rings is 13. The Labute approximate surface area is 468 Å². The minimum Gasteiger partial charge on any atom is -0.366 e. The van der Waals surface area contributed by atoms with E-state index in [0.717, 1.165) is 54.2 Å². The summed E-state index contributed by atoms with van der Waals surface area (Å²) in [5.74, 6) is 5.26. The molecular weight excluding hydrogens is 1300 g/mol.